The largest absolute Gasteiger partial charge is 0.495 e. The lowest BCUT2D eigenvalue weighted by Crippen LogP contribution is -2.36. The van der Waals surface area contributed by atoms with E-state index in [4.69, 9.17) is 21.4 Å². The molecule has 0 radical (unpaired) electrons. The van der Waals surface area contributed by atoms with Crippen molar-refractivity contribution in [3.8, 4) is 5.75 Å². The second kappa shape index (κ2) is 6.47. The van der Waals surface area contributed by atoms with E-state index in [-0.39, 0.29) is 18.6 Å². The molecule has 0 bridgehead atoms. The number of aliphatic hydroxyl groups excluding tert-OH is 1. The van der Waals surface area contributed by atoms with Gasteiger partial charge in [0.15, 0.2) is 0 Å². The van der Waals surface area contributed by atoms with Crippen LogP contribution < -0.4 is 10.1 Å². The molecule has 0 spiro atoms. The first-order chi connectivity index (χ1) is 8.12. The van der Waals surface area contributed by atoms with Crippen LogP contribution in [0.4, 0.5) is 0 Å². The highest BCUT2D eigenvalue weighted by atomic mass is 35.5. The summed E-state index contributed by atoms with van der Waals surface area (Å²) in [5, 5.41) is 12.2. The van der Waals surface area contributed by atoms with Crippen LogP contribution in [0.2, 0.25) is 5.02 Å². The zero-order valence-corrected chi connectivity index (χ0v) is 10.6. The molecule has 0 unspecified atom stereocenters. The van der Waals surface area contributed by atoms with Gasteiger partial charge in [-0.15, -0.1) is 0 Å². The molecule has 17 heavy (non-hydrogen) atoms. The summed E-state index contributed by atoms with van der Waals surface area (Å²) in [6.45, 7) is 1.82. The van der Waals surface area contributed by atoms with Crippen LogP contribution in [0.5, 0.6) is 5.75 Å². The highest BCUT2D eigenvalue weighted by Crippen LogP contribution is 2.24. The predicted octanol–water partition coefficient (Wildman–Crippen LogP) is 1.85. The Hall–Kier alpha value is -1.26. The molecule has 4 nitrogen and oxygen atoms in total. The third-order valence-electron chi connectivity index (χ3n) is 2.46. The Bertz CT molecular complexity index is 391. The van der Waals surface area contributed by atoms with E-state index in [1.54, 1.807) is 18.2 Å². The number of methoxy groups -OCH3 is 1. The topological polar surface area (TPSA) is 58.6 Å². The maximum atomic E-state index is 11.8. The van der Waals surface area contributed by atoms with Crippen molar-refractivity contribution < 1.29 is 14.6 Å². The molecule has 1 amide bonds. The smallest absolute Gasteiger partial charge is 0.251 e. The van der Waals surface area contributed by atoms with Crippen molar-refractivity contribution in [1.29, 1.82) is 0 Å². The van der Waals surface area contributed by atoms with E-state index >= 15 is 0 Å². The molecule has 1 rings (SSSR count). The number of hydrogen-bond acceptors (Lipinski definition) is 3. The average Bonchev–Trinajstić information content (AvgIpc) is 2.36. The van der Waals surface area contributed by atoms with Gasteiger partial charge in [-0.05, 0) is 24.6 Å². The van der Waals surface area contributed by atoms with Gasteiger partial charge in [0.25, 0.3) is 5.91 Å². The van der Waals surface area contributed by atoms with E-state index in [0.717, 1.165) is 0 Å². The summed E-state index contributed by atoms with van der Waals surface area (Å²) in [7, 11) is 1.49. The number of hydrogen-bond donors (Lipinski definition) is 2. The lowest BCUT2D eigenvalue weighted by atomic mass is 10.1. The Morgan fingerprint density at radius 2 is 2.29 bits per heavy atom. The van der Waals surface area contributed by atoms with E-state index in [2.05, 4.69) is 5.32 Å². The van der Waals surface area contributed by atoms with E-state index in [0.29, 0.717) is 22.8 Å². The Morgan fingerprint density at radius 1 is 1.59 bits per heavy atom. The van der Waals surface area contributed by atoms with Crippen LogP contribution in [0.25, 0.3) is 0 Å². The SMILES string of the molecule is CC[C@H](CO)NC(=O)c1ccc(Cl)c(OC)c1. The molecule has 1 aromatic carbocycles. The summed E-state index contributed by atoms with van der Waals surface area (Å²) in [5.74, 6) is 0.206. The molecule has 0 heterocycles. The van der Waals surface area contributed by atoms with Crippen molar-refractivity contribution in [3.63, 3.8) is 0 Å². The van der Waals surface area contributed by atoms with Gasteiger partial charge in [0.2, 0.25) is 0 Å². The van der Waals surface area contributed by atoms with Gasteiger partial charge >= 0.3 is 0 Å². The van der Waals surface area contributed by atoms with Gasteiger partial charge in [0, 0.05) is 5.56 Å². The van der Waals surface area contributed by atoms with Crippen LogP contribution in [0.1, 0.15) is 23.7 Å². The summed E-state index contributed by atoms with van der Waals surface area (Å²) >= 11 is 5.86. The fourth-order valence-corrected chi connectivity index (χ4v) is 1.54. The molecule has 0 saturated carbocycles. The molecule has 0 aliphatic rings. The van der Waals surface area contributed by atoms with Crippen LogP contribution in [0, 0.1) is 0 Å². The Balaban J connectivity index is 2.82. The molecular formula is C12H16ClNO3. The molecule has 2 N–H and O–H groups in total. The van der Waals surface area contributed by atoms with Gasteiger partial charge in [-0.1, -0.05) is 18.5 Å². The lowest BCUT2D eigenvalue weighted by molar-refractivity contribution is 0.0914. The number of ether oxygens (including phenoxy) is 1. The van der Waals surface area contributed by atoms with E-state index in [1.807, 2.05) is 6.92 Å². The third kappa shape index (κ3) is 3.61. The zero-order chi connectivity index (χ0) is 12.8. The molecule has 5 heteroatoms. The molecule has 0 fully saturated rings. The molecule has 0 aliphatic heterocycles. The summed E-state index contributed by atoms with van der Waals surface area (Å²) in [6.07, 6.45) is 0.674. The Labute approximate surface area is 106 Å². The number of rotatable bonds is 5. The maximum Gasteiger partial charge on any atom is 0.251 e. The first kappa shape index (κ1) is 13.8. The first-order valence-electron chi connectivity index (χ1n) is 5.37. The molecule has 94 valence electrons. The van der Waals surface area contributed by atoms with Crippen molar-refractivity contribution in [3.05, 3.63) is 28.8 Å². The number of aliphatic hydroxyl groups is 1. The van der Waals surface area contributed by atoms with Crippen molar-refractivity contribution in [2.45, 2.75) is 19.4 Å². The number of halogens is 1. The quantitative estimate of drug-likeness (QED) is 0.846. The minimum Gasteiger partial charge on any atom is -0.495 e. The van der Waals surface area contributed by atoms with E-state index in [9.17, 15) is 4.79 Å². The summed E-state index contributed by atoms with van der Waals surface area (Å²) in [6, 6.07) is 4.56. The molecule has 0 aromatic heterocycles. The summed E-state index contributed by atoms with van der Waals surface area (Å²) in [5.41, 5.74) is 0.457. The predicted molar refractivity (Wildman–Crippen MR) is 66.6 cm³/mol. The average molecular weight is 258 g/mol. The van der Waals surface area contributed by atoms with Crippen molar-refractivity contribution in [2.75, 3.05) is 13.7 Å². The zero-order valence-electron chi connectivity index (χ0n) is 9.87. The van der Waals surface area contributed by atoms with Gasteiger partial charge in [0.1, 0.15) is 5.75 Å². The second-order valence-corrected chi connectivity index (χ2v) is 4.02. The number of nitrogens with one attached hydrogen (secondary N) is 1. The van der Waals surface area contributed by atoms with Crippen LogP contribution in [0.3, 0.4) is 0 Å². The van der Waals surface area contributed by atoms with E-state index in [1.165, 1.54) is 7.11 Å². The van der Waals surface area contributed by atoms with Gasteiger partial charge in [-0.2, -0.15) is 0 Å². The van der Waals surface area contributed by atoms with Crippen molar-refractivity contribution in [2.24, 2.45) is 0 Å². The lowest BCUT2D eigenvalue weighted by Gasteiger charge is -2.14. The normalized spacial score (nSPS) is 12.0. The fraction of sp³-hybridized carbons (Fsp3) is 0.417. The minimum atomic E-state index is -0.249. The monoisotopic (exact) mass is 257 g/mol. The summed E-state index contributed by atoms with van der Waals surface area (Å²) < 4.78 is 5.03. The van der Waals surface area contributed by atoms with Gasteiger partial charge in [-0.25, -0.2) is 0 Å². The van der Waals surface area contributed by atoms with Gasteiger partial charge in [0.05, 0.1) is 24.8 Å². The van der Waals surface area contributed by atoms with Crippen LogP contribution in [0.15, 0.2) is 18.2 Å². The van der Waals surface area contributed by atoms with Crippen LogP contribution in [-0.4, -0.2) is 30.8 Å². The second-order valence-electron chi connectivity index (χ2n) is 3.61. The highest BCUT2D eigenvalue weighted by molar-refractivity contribution is 6.32. The van der Waals surface area contributed by atoms with Crippen LogP contribution in [-0.2, 0) is 0 Å². The third-order valence-corrected chi connectivity index (χ3v) is 2.77. The Kier molecular flexibility index (Phi) is 5.25. The molecule has 1 atom stereocenters. The molecular weight excluding hydrogens is 242 g/mol. The standard InChI is InChI=1S/C12H16ClNO3/c1-3-9(7-15)14-12(16)8-4-5-10(13)11(6-8)17-2/h4-6,9,15H,3,7H2,1-2H3,(H,14,16)/t9-/m1/s1. The number of carbonyl (C=O) groups is 1. The highest BCUT2D eigenvalue weighted by Gasteiger charge is 2.12. The van der Waals surface area contributed by atoms with E-state index < -0.39 is 0 Å². The summed E-state index contributed by atoms with van der Waals surface area (Å²) in [4.78, 5) is 11.8. The van der Waals surface area contributed by atoms with Gasteiger partial charge < -0.3 is 15.2 Å². The molecule has 1 aromatic rings. The van der Waals surface area contributed by atoms with Crippen LogP contribution >= 0.6 is 11.6 Å². The molecule has 0 aliphatic carbocycles. The fourth-order valence-electron chi connectivity index (χ4n) is 1.35. The number of carbonyl (C=O) groups excluding carboxylic acids is 1. The first-order valence-corrected chi connectivity index (χ1v) is 5.75. The van der Waals surface area contributed by atoms with Crippen molar-refractivity contribution >= 4 is 17.5 Å². The minimum absolute atomic E-state index is 0.0764. The number of amides is 1. The van der Waals surface area contributed by atoms with Gasteiger partial charge in [-0.3, -0.25) is 4.79 Å². The number of benzene rings is 1. The maximum absolute atomic E-state index is 11.8. The molecule has 0 saturated heterocycles. The Morgan fingerprint density at radius 3 is 2.82 bits per heavy atom. The van der Waals surface area contributed by atoms with Crippen molar-refractivity contribution in [1.82, 2.24) is 5.32 Å².